The average Bonchev–Trinajstić information content (AvgIpc) is 2.28. The molecule has 0 fully saturated rings. The number of carbonyl (C=O) groups excluding carboxylic acids is 2. The molecule has 90 valence electrons. The lowest BCUT2D eigenvalue weighted by atomic mass is 9.90. The fourth-order valence-corrected chi connectivity index (χ4v) is 2.53. The van der Waals surface area contributed by atoms with E-state index < -0.39 is 0 Å². The van der Waals surface area contributed by atoms with E-state index in [0.29, 0.717) is 0 Å². The highest BCUT2D eigenvalue weighted by Crippen LogP contribution is 2.30. The van der Waals surface area contributed by atoms with Crippen molar-refractivity contribution in [2.24, 2.45) is 0 Å². The molecule has 0 atom stereocenters. The number of nitrogens with zero attached hydrogens (tertiary/aromatic N) is 1. The maximum atomic E-state index is 11.6. The first-order valence-corrected chi connectivity index (χ1v) is 6.03. The van der Waals surface area contributed by atoms with Crippen LogP contribution in [-0.4, -0.2) is 11.8 Å². The Morgan fingerprint density at radius 2 is 1.71 bits per heavy atom. The number of imide groups is 1. The summed E-state index contributed by atoms with van der Waals surface area (Å²) in [5.74, 6) is -0.423. The molecule has 1 aromatic rings. The van der Waals surface area contributed by atoms with E-state index in [1.807, 2.05) is 12.1 Å². The second kappa shape index (κ2) is 4.70. The summed E-state index contributed by atoms with van der Waals surface area (Å²) < 4.78 is 0. The van der Waals surface area contributed by atoms with Crippen LogP contribution in [0.4, 0.5) is 5.69 Å². The van der Waals surface area contributed by atoms with Gasteiger partial charge in [0.05, 0.1) is 5.69 Å². The third-order valence-electron chi connectivity index (χ3n) is 3.24. The number of anilines is 1. The van der Waals surface area contributed by atoms with Crippen molar-refractivity contribution in [1.82, 2.24) is 0 Å². The third kappa shape index (κ3) is 2.23. The zero-order chi connectivity index (χ0) is 12.4. The van der Waals surface area contributed by atoms with Crippen LogP contribution in [0.2, 0.25) is 0 Å². The maximum Gasteiger partial charge on any atom is 0.230 e. The zero-order valence-electron chi connectivity index (χ0n) is 10.3. The van der Waals surface area contributed by atoms with Crippen LogP contribution in [-0.2, 0) is 22.4 Å². The van der Waals surface area contributed by atoms with Crippen LogP contribution in [0.3, 0.4) is 0 Å². The molecular weight excluding hydrogens is 214 g/mol. The molecule has 2 amide bonds. The summed E-state index contributed by atoms with van der Waals surface area (Å²) in [6.07, 6.45) is 4.33. The van der Waals surface area contributed by atoms with Gasteiger partial charge in [0.2, 0.25) is 11.8 Å². The molecule has 0 heterocycles. The summed E-state index contributed by atoms with van der Waals surface area (Å²) in [6, 6.07) is 5.89. The van der Waals surface area contributed by atoms with Gasteiger partial charge < -0.3 is 0 Å². The molecule has 0 saturated heterocycles. The van der Waals surface area contributed by atoms with Gasteiger partial charge >= 0.3 is 0 Å². The van der Waals surface area contributed by atoms with Crippen LogP contribution < -0.4 is 4.90 Å². The molecule has 0 N–H and O–H groups in total. The highest BCUT2D eigenvalue weighted by atomic mass is 16.2. The summed E-state index contributed by atoms with van der Waals surface area (Å²) >= 11 is 0. The Kier molecular flexibility index (Phi) is 3.27. The zero-order valence-corrected chi connectivity index (χ0v) is 10.3. The average molecular weight is 231 g/mol. The Hall–Kier alpha value is -1.64. The number of benzene rings is 1. The molecule has 0 unspecified atom stereocenters. The van der Waals surface area contributed by atoms with E-state index in [1.54, 1.807) is 0 Å². The van der Waals surface area contributed by atoms with Crippen LogP contribution in [0.1, 0.15) is 37.8 Å². The van der Waals surface area contributed by atoms with Gasteiger partial charge in [0.1, 0.15) is 0 Å². The minimum atomic E-state index is -0.212. The number of aryl methyl sites for hydroxylation is 1. The molecule has 0 aliphatic heterocycles. The Labute approximate surface area is 101 Å². The fourth-order valence-electron chi connectivity index (χ4n) is 2.53. The Balaban J connectivity index is 2.50. The second-order valence-corrected chi connectivity index (χ2v) is 4.50. The van der Waals surface area contributed by atoms with Crippen LogP contribution in [0, 0.1) is 0 Å². The summed E-state index contributed by atoms with van der Waals surface area (Å²) in [5.41, 5.74) is 3.23. The molecule has 2 rings (SSSR count). The van der Waals surface area contributed by atoms with E-state index in [4.69, 9.17) is 0 Å². The van der Waals surface area contributed by atoms with Crippen molar-refractivity contribution in [3.05, 3.63) is 29.3 Å². The number of hydrogen-bond donors (Lipinski definition) is 0. The van der Waals surface area contributed by atoms with Crippen molar-refractivity contribution in [1.29, 1.82) is 0 Å². The molecule has 17 heavy (non-hydrogen) atoms. The van der Waals surface area contributed by atoms with Crippen molar-refractivity contribution in [2.45, 2.75) is 39.5 Å². The van der Waals surface area contributed by atoms with E-state index >= 15 is 0 Å². The number of hydrogen-bond acceptors (Lipinski definition) is 2. The smallest absolute Gasteiger partial charge is 0.230 e. The Morgan fingerprint density at radius 1 is 1.06 bits per heavy atom. The van der Waals surface area contributed by atoms with Crippen molar-refractivity contribution < 1.29 is 9.59 Å². The van der Waals surface area contributed by atoms with E-state index in [0.717, 1.165) is 24.9 Å². The molecule has 0 aromatic heterocycles. The predicted octanol–water partition coefficient (Wildman–Crippen LogP) is 2.46. The van der Waals surface area contributed by atoms with E-state index in [-0.39, 0.29) is 11.8 Å². The first kappa shape index (κ1) is 11.8. The van der Waals surface area contributed by atoms with Gasteiger partial charge in [-0.3, -0.25) is 14.5 Å². The van der Waals surface area contributed by atoms with Crippen LogP contribution in [0.5, 0.6) is 0 Å². The summed E-state index contributed by atoms with van der Waals surface area (Å²) in [6.45, 7) is 2.87. The van der Waals surface area contributed by atoms with Crippen LogP contribution in [0.25, 0.3) is 0 Å². The molecule has 1 aromatic carbocycles. The number of amides is 2. The van der Waals surface area contributed by atoms with E-state index in [1.165, 1.54) is 36.3 Å². The summed E-state index contributed by atoms with van der Waals surface area (Å²) in [7, 11) is 0. The lowest BCUT2D eigenvalue weighted by molar-refractivity contribution is -0.124. The number of fused-ring (bicyclic) bond motifs is 1. The van der Waals surface area contributed by atoms with Gasteiger partial charge in [-0.2, -0.15) is 0 Å². The maximum absolute atomic E-state index is 11.6. The SMILES string of the molecule is CC(=O)N(C(C)=O)c1cccc2c1CCCC2. The molecule has 0 spiro atoms. The van der Waals surface area contributed by atoms with Crippen LogP contribution in [0.15, 0.2) is 18.2 Å². The number of rotatable bonds is 1. The van der Waals surface area contributed by atoms with Gasteiger partial charge in [-0.05, 0) is 42.9 Å². The minimum Gasteiger partial charge on any atom is -0.274 e. The molecule has 0 radical (unpaired) electrons. The summed E-state index contributed by atoms with van der Waals surface area (Å²) in [4.78, 5) is 24.4. The normalized spacial score (nSPS) is 14.0. The fraction of sp³-hybridized carbons (Fsp3) is 0.429. The standard InChI is InChI=1S/C14H17NO2/c1-10(16)15(11(2)17)14-9-5-7-12-6-3-4-8-13(12)14/h5,7,9H,3-4,6,8H2,1-2H3. The van der Waals surface area contributed by atoms with E-state index in [9.17, 15) is 9.59 Å². The summed E-state index contributed by atoms with van der Waals surface area (Å²) in [5, 5.41) is 0. The van der Waals surface area contributed by atoms with Gasteiger partial charge in [0, 0.05) is 13.8 Å². The quantitative estimate of drug-likeness (QED) is 0.744. The van der Waals surface area contributed by atoms with Crippen molar-refractivity contribution in [2.75, 3.05) is 4.90 Å². The molecule has 0 saturated carbocycles. The van der Waals surface area contributed by atoms with Crippen LogP contribution >= 0.6 is 0 Å². The van der Waals surface area contributed by atoms with E-state index in [2.05, 4.69) is 6.07 Å². The first-order valence-electron chi connectivity index (χ1n) is 6.03. The lowest BCUT2D eigenvalue weighted by Gasteiger charge is -2.25. The molecule has 3 heteroatoms. The minimum absolute atomic E-state index is 0.212. The number of carbonyl (C=O) groups is 2. The second-order valence-electron chi connectivity index (χ2n) is 4.50. The molecular formula is C14H17NO2. The molecule has 1 aliphatic rings. The van der Waals surface area contributed by atoms with Crippen molar-refractivity contribution >= 4 is 17.5 Å². The topological polar surface area (TPSA) is 37.4 Å². The lowest BCUT2D eigenvalue weighted by Crippen LogP contribution is -2.34. The predicted molar refractivity (Wildman–Crippen MR) is 66.9 cm³/mol. The monoisotopic (exact) mass is 231 g/mol. The molecule has 1 aliphatic carbocycles. The molecule has 3 nitrogen and oxygen atoms in total. The Bertz CT molecular complexity index is 451. The third-order valence-corrected chi connectivity index (χ3v) is 3.24. The highest BCUT2D eigenvalue weighted by Gasteiger charge is 2.22. The van der Waals surface area contributed by atoms with Gasteiger partial charge in [-0.15, -0.1) is 0 Å². The first-order chi connectivity index (χ1) is 8.11. The van der Waals surface area contributed by atoms with Gasteiger partial charge in [0.25, 0.3) is 0 Å². The Morgan fingerprint density at radius 3 is 2.35 bits per heavy atom. The largest absolute Gasteiger partial charge is 0.274 e. The van der Waals surface area contributed by atoms with Gasteiger partial charge in [0.15, 0.2) is 0 Å². The van der Waals surface area contributed by atoms with Gasteiger partial charge in [-0.25, -0.2) is 0 Å². The molecule has 0 bridgehead atoms. The highest BCUT2D eigenvalue weighted by molar-refractivity contribution is 6.13. The van der Waals surface area contributed by atoms with Crippen molar-refractivity contribution in [3.63, 3.8) is 0 Å². The van der Waals surface area contributed by atoms with Gasteiger partial charge in [-0.1, -0.05) is 12.1 Å². The van der Waals surface area contributed by atoms with Crippen molar-refractivity contribution in [3.8, 4) is 0 Å².